The van der Waals surface area contributed by atoms with E-state index in [-0.39, 0.29) is 10.7 Å². The van der Waals surface area contributed by atoms with E-state index in [2.05, 4.69) is 4.72 Å². The lowest BCUT2D eigenvalue weighted by atomic mass is 10.1. The van der Waals surface area contributed by atoms with Crippen LogP contribution in [0.3, 0.4) is 0 Å². The van der Waals surface area contributed by atoms with E-state index in [9.17, 15) is 12.8 Å². The first-order valence-electron chi connectivity index (χ1n) is 8.04. The third-order valence-electron chi connectivity index (χ3n) is 4.90. The number of halogens is 1. The van der Waals surface area contributed by atoms with E-state index in [0.717, 1.165) is 18.5 Å². The molecule has 2 aromatic rings. The number of hydrogen-bond donors (Lipinski definition) is 1. The Morgan fingerprint density at radius 3 is 2.38 bits per heavy atom. The van der Waals surface area contributed by atoms with Crippen molar-refractivity contribution in [2.45, 2.75) is 30.6 Å². The second kappa shape index (κ2) is 5.45. The van der Waals surface area contributed by atoms with Gasteiger partial charge in [0, 0.05) is 11.3 Å². The van der Waals surface area contributed by atoms with Crippen LogP contribution >= 0.6 is 0 Å². The van der Waals surface area contributed by atoms with Gasteiger partial charge in [-0.05, 0) is 54.9 Å². The van der Waals surface area contributed by atoms with Crippen molar-refractivity contribution in [3.63, 3.8) is 0 Å². The molecule has 2 aliphatic carbocycles. The Labute approximate surface area is 141 Å². The van der Waals surface area contributed by atoms with Crippen LogP contribution in [0.25, 0.3) is 11.1 Å². The van der Waals surface area contributed by atoms with Gasteiger partial charge in [0.2, 0.25) is 0 Å². The van der Waals surface area contributed by atoms with E-state index in [4.69, 9.17) is 0 Å². The van der Waals surface area contributed by atoms with Crippen molar-refractivity contribution in [1.29, 1.82) is 0 Å². The molecule has 0 bridgehead atoms. The maximum atomic E-state index is 13.1. The van der Waals surface area contributed by atoms with E-state index < -0.39 is 10.0 Å². The lowest BCUT2D eigenvalue weighted by molar-refractivity contribution is 0.541. The molecule has 0 heterocycles. The average Bonchev–Trinajstić information content (AvgIpc) is 3.21. The fourth-order valence-electron chi connectivity index (χ4n) is 3.32. The second-order valence-corrected chi connectivity index (χ2v) is 8.37. The summed E-state index contributed by atoms with van der Waals surface area (Å²) >= 11 is 0. The first-order chi connectivity index (χ1) is 11.5. The van der Waals surface area contributed by atoms with Crippen LogP contribution in [0.1, 0.15) is 25.7 Å². The van der Waals surface area contributed by atoms with Gasteiger partial charge in [0.25, 0.3) is 10.0 Å². The molecule has 124 valence electrons. The van der Waals surface area contributed by atoms with E-state index in [0.29, 0.717) is 16.5 Å². The van der Waals surface area contributed by atoms with Gasteiger partial charge in [-0.25, -0.2) is 12.8 Å². The van der Waals surface area contributed by atoms with Gasteiger partial charge in [0.15, 0.2) is 0 Å². The normalized spacial score (nSPS) is 18.5. The molecule has 1 spiro atoms. The summed E-state index contributed by atoms with van der Waals surface area (Å²) in [5.74, 6) is -0.344. The Morgan fingerprint density at radius 2 is 1.71 bits per heavy atom. The van der Waals surface area contributed by atoms with Gasteiger partial charge < -0.3 is 0 Å². The molecule has 0 aromatic heterocycles. The molecule has 0 unspecified atom stereocenters. The summed E-state index contributed by atoms with van der Waals surface area (Å²) in [5.41, 5.74) is 2.37. The van der Waals surface area contributed by atoms with Gasteiger partial charge in [-0.1, -0.05) is 36.4 Å². The molecule has 2 aliphatic rings. The zero-order valence-electron chi connectivity index (χ0n) is 13.1. The molecule has 2 aromatic carbocycles. The first-order valence-corrected chi connectivity index (χ1v) is 9.53. The molecular formula is C19H18FNO2S. The van der Waals surface area contributed by atoms with Crippen molar-refractivity contribution >= 4 is 10.0 Å². The topological polar surface area (TPSA) is 46.2 Å². The van der Waals surface area contributed by atoms with Gasteiger partial charge >= 0.3 is 0 Å². The maximum Gasteiger partial charge on any atom is 0.262 e. The van der Waals surface area contributed by atoms with Crippen LogP contribution in [-0.2, 0) is 10.0 Å². The van der Waals surface area contributed by atoms with Gasteiger partial charge in [0.1, 0.15) is 5.82 Å². The maximum absolute atomic E-state index is 13.1. The van der Waals surface area contributed by atoms with Gasteiger partial charge in [-0.15, -0.1) is 0 Å². The van der Waals surface area contributed by atoms with Crippen molar-refractivity contribution in [1.82, 2.24) is 4.72 Å². The largest absolute Gasteiger partial charge is 0.284 e. The van der Waals surface area contributed by atoms with Crippen molar-refractivity contribution in [3.05, 3.63) is 66.1 Å². The van der Waals surface area contributed by atoms with Crippen LogP contribution in [0.5, 0.6) is 0 Å². The number of nitrogens with one attached hydrogen (secondary N) is 1. The Kier molecular flexibility index (Phi) is 3.49. The number of sulfonamides is 1. The lowest BCUT2D eigenvalue weighted by Gasteiger charge is -2.14. The average molecular weight is 343 g/mol. The minimum absolute atomic E-state index is 0.217. The Hall–Kier alpha value is -2.14. The highest BCUT2D eigenvalue weighted by molar-refractivity contribution is 7.89. The number of hydrogen-bond acceptors (Lipinski definition) is 2. The number of allylic oxidation sites excluding steroid dienone is 2. The van der Waals surface area contributed by atoms with Crippen LogP contribution in [0.2, 0.25) is 0 Å². The summed E-state index contributed by atoms with van der Waals surface area (Å²) in [6.45, 7) is 0. The number of benzene rings is 2. The summed E-state index contributed by atoms with van der Waals surface area (Å²) in [7, 11) is -3.67. The molecule has 24 heavy (non-hydrogen) atoms. The van der Waals surface area contributed by atoms with Crippen molar-refractivity contribution in [2.75, 3.05) is 0 Å². The molecule has 1 fully saturated rings. The predicted octanol–water partition coefficient (Wildman–Crippen LogP) is 4.23. The summed E-state index contributed by atoms with van der Waals surface area (Å²) in [6.07, 6.45) is 6.14. The van der Waals surface area contributed by atoms with E-state index >= 15 is 0 Å². The molecular weight excluding hydrogens is 325 g/mol. The summed E-state index contributed by atoms with van der Waals surface area (Å²) in [5, 5.41) is 0. The Bertz CT molecular complexity index is 913. The molecule has 1 N–H and O–H groups in total. The smallest absolute Gasteiger partial charge is 0.262 e. The molecule has 5 heteroatoms. The highest BCUT2D eigenvalue weighted by Gasteiger charge is 2.45. The van der Waals surface area contributed by atoms with Crippen LogP contribution in [0.15, 0.2) is 65.2 Å². The van der Waals surface area contributed by atoms with Crippen molar-refractivity contribution in [3.8, 4) is 11.1 Å². The molecule has 0 atom stereocenters. The van der Waals surface area contributed by atoms with E-state index in [1.54, 1.807) is 36.4 Å². The molecule has 1 saturated carbocycles. The van der Waals surface area contributed by atoms with Gasteiger partial charge in [0.05, 0.1) is 4.90 Å². The zero-order chi connectivity index (χ0) is 16.8. The minimum atomic E-state index is -3.67. The lowest BCUT2D eigenvalue weighted by Crippen LogP contribution is -2.23. The number of rotatable bonds is 4. The third kappa shape index (κ3) is 2.84. The summed E-state index contributed by atoms with van der Waals surface area (Å²) < 4.78 is 41.6. The fraction of sp³-hybridized carbons (Fsp3) is 0.263. The van der Waals surface area contributed by atoms with Crippen molar-refractivity contribution < 1.29 is 12.8 Å². The van der Waals surface area contributed by atoms with Crippen LogP contribution in [0, 0.1) is 11.2 Å². The quantitative estimate of drug-likeness (QED) is 0.903. The molecule has 3 nitrogen and oxygen atoms in total. The summed E-state index contributed by atoms with van der Waals surface area (Å²) in [6, 6.07) is 12.7. The van der Waals surface area contributed by atoms with Crippen molar-refractivity contribution in [2.24, 2.45) is 5.41 Å². The van der Waals surface area contributed by atoms with E-state index in [1.807, 2.05) is 6.08 Å². The van der Waals surface area contributed by atoms with Crippen LogP contribution in [-0.4, -0.2) is 8.42 Å². The standard InChI is InChI=1S/C19H18FNO2S/c20-15-7-5-14(6-8-15)17-3-1-2-4-18(17)24(22,23)21-16-9-10-19(13-16)11-12-19/h1-9,21H,10-13H2. The Balaban J connectivity index is 1.67. The van der Waals surface area contributed by atoms with Gasteiger partial charge in [-0.3, -0.25) is 4.72 Å². The third-order valence-corrected chi connectivity index (χ3v) is 6.37. The monoisotopic (exact) mass is 343 g/mol. The summed E-state index contributed by atoms with van der Waals surface area (Å²) in [4.78, 5) is 0.217. The molecule has 0 radical (unpaired) electrons. The van der Waals surface area contributed by atoms with Crippen LogP contribution < -0.4 is 4.72 Å². The molecule has 4 rings (SSSR count). The highest BCUT2D eigenvalue weighted by Crippen LogP contribution is 2.56. The molecule has 0 amide bonds. The Morgan fingerprint density at radius 1 is 1.00 bits per heavy atom. The first kappa shape index (κ1) is 15.4. The highest BCUT2D eigenvalue weighted by atomic mass is 32.2. The SMILES string of the molecule is O=S(=O)(NC1=CCC2(CC2)C1)c1ccccc1-c1ccc(F)cc1. The fourth-order valence-corrected chi connectivity index (χ4v) is 4.66. The predicted molar refractivity (Wildman–Crippen MR) is 91.1 cm³/mol. The van der Waals surface area contributed by atoms with Crippen LogP contribution in [0.4, 0.5) is 4.39 Å². The van der Waals surface area contributed by atoms with Gasteiger partial charge in [-0.2, -0.15) is 0 Å². The molecule has 0 aliphatic heterocycles. The molecule has 0 saturated heterocycles. The van der Waals surface area contributed by atoms with E-state index in [1.165, 1.54) is 25.0 Å². The minimum Gasteiger partial charge on any atom is -0.284 e. The zero-order valence-corrected chi connectivity index (χ0v) is 13.9. The second-order valence-electron chi connectivity index (χ2n) is 6.72.